The first-order valence-corrected chi connectivity index (χ1v) is 5.04. The molecule has 2 aromatic rings. The number of fused-ring (bicyclic) bond motifs is 1. The van der Waals surface area contributed by atoms with Crippen LogP contribution in [-0.4, -0.2) is 12.5 Å². The molecule has 0 aliphatic carbocycles. The van der Waals surface area contributed by atoms with Crippen molar-refractivity contribution >= 4 is 16.9 Å². The van der Waals surface area contributed by atoms with E-state index in [9.17, 15) is 9.18 Å². The molecule has 1 aromatic heterocycles. The predicted octanol–water partition coefficient (Wildman–Crippen LogP) is 2.24. The minimum Gasteiger partial charge on any atom is -0.448 e. The summed E-state index contributed by atoms with van der Waals surface area (Å²) in [6.07, 6.45) is 5.04. The summed E-state index contributed by atoms with van der Waals surface area (Å²) in [5.74, 6) is 1.46. The average molecular weight is 231 g/mol. The first-order valence-electron chi connectivity index (χ1n) is 5.04. The van der Waals surface area contributed by atoms with Gasteiger partial charge in [0, 0.05) is 10.9 Å². The number of benzene rings is 1. The Hall–Kier alpha value is -2.28. The van der Waals surface area contributed by atoms with E-state index in [0.717, 1.165) is 0 Å². The van der Waals surface area contributed by atoms with Gasteiger partial charge in [0.05, 0.1) is 6.54 Å². The molecule has 4 heteroatoms. The van der Waals surface area contributed by atoms with E-state index in [0.29, 0.717) is 10.9 Å². The normalized spacial score (nSPS) is 10.2. The highest BCUT2D eigenvalue weighted by atomic mass is 19.1. The van der Waals surface area contributed by atoms with E-state index in [4.69, 9.17) is 10.8 Å². The van der Waals surface area contributed by atoms with Crippen molar-refractivity contribution in [2.45, 2.75) is 6.92 Å². The van der Waals surface area contributed by atoms with E-state index >= 15 is 0 Å². The predicted molar refractivity (Wildman–Crippen MR) is 62.1 cm³/mol. The molecule has 0 radical (unpaired) electrons. The van der Waals surface area contributed by atoms with Crippen molar-refractivity contribution in [2.24, 2.45) is 0 Å². The number of carbonyl (C=O) groups is 1. The van der Waals surface area contributed by atoms with Crippen LogP contribution in [0.25, 0.3) is 11.0 Å². The van der Waals surface area contributed by atoms with Gasteiger partial charge in [-0.05, 0) is 13.0 Å². The minimum atomic E-state index is -0.485. The number of carbonyl (C=O) groups excluding carboxylic acids is 1. The van der Waals surface area contributed by atoms with Crippen LogP contribution in [0.4, 0.5) is 4.39 Å². The molecule has 1 aromatic carbocycles. The van der Waals surface area contributed by atoms with Crippen LogP contribution in [0.5, 0.6) is 0 Å². The van der Waals surface area contributed by atoms with Gasteiger partial charge in [-0.3, -0.25) is 4.79 Å². The smallest absolute Gasteiger partial charge is 0.288 e. The molecule has 86 valence electrons. The van der Waals surface area contributed by atoms with Gasteiger partial charge in [0.15, 0.2) is 17.2 Å². The number of nitrogens with one attached hydrogen (secondary N) is 1. The Morgan fingerprint density at radius 1 is 1.59 bits per heavy atom. The Morgan fingerprint density at radius 2 is 2.35 bits per heavy atom. The topological polar surface area (TPSA) is 42.2 Å². The summed E-state index contributed by atoms with van der Waals surface area (Å²) in [7, 11) is 0. The summed E-state index contributed by atoms with van der Waals surface area (Å²) in [5.41, 5.74) is 0.699. The molecule has 0 saturated carbocycles. The lowest BCUT2D eigenvalue weighted by Gasteiger charge is -1.97. The van der Waals surface area contributed by atoms with Gasteiger partial charge in [-0.2, -0.15) is 0 Å². The molecule has 17 heavy (non-hydrogen) atoms. The van der Waals surface area contributed by atoms with Gasteiger partial charge in [-0.15, -0.1) is 6.42 Å². The average Bonchev–Trinajstić information content (AvgIpc) is 2.66. The zero-order valence-corrected chi connectivity index (χ0v) is 9.21. The van der Waals surface area contributed by atoms with E-state index in [1.165, 1.54) is 6.07 Å². The fourth-order valence-electron chi connectivity index (χ4n) is 1.64. The van der Waals surface area contributed by atoms with E-state index < -0.39 is 11.7 Å². The third kappa shape index (κ3) is 1.87. The molecule has 0 aliphatic heterocycles. The van der Waals surface area contributed by atoms with Crippen LogP contribution in [0.3, 0.4) is 0 Å². The molecule has 0 spiro atoms. The molecule has 0 atom stereocenters. The van der Waals surface area contributed by atoms with Crippen molar-refractivity contribution < 1.29 is 13.6 Å². The fourth-order valence-corrected chi connectivity index (χ4v) is 1.64. The van der Waals surface area contributed by atoms with Gasteiger partial charge < -0.3 is 9.73 Å². The SMILES string of the molecule is C#CCNC(=O)c1oc2c(F)cccc2c1C. The van der Waals surface area contributed by atoms with Crippen LogP contribution < -0.4 is 5.32 Å². The van der Waals surface area contributed by atoms with Crippen molar-refractivity contribution in [2.75, 3.05) is 6.54 Å². The van der Waals surface area contributed by atoms with E-state index in [1.54, 1.807) is 19.1 Å². The number of hydrogen-bond donors (Lipinski definition) is 1. The summed E-state index contributed by atoms with van der Waals surface area (Å²) >= 11 is 0. The van der Waals surface area contributed by atoms with Crippen molar-refractivity contribution in [3.05, 3.63) is 35.3 Å². The van der Waals surface area contributed by atoms with Gasteiger partial charge in [-0.25, -0.2) is 4.39 Å². The van der Waals surface area contributed by atoms with Crippen LogP contribution in [0, 0.1) is 25.1 Å². The third-order valence-electron chi connectivity index (χ3n) is 2.47. The molecule has 0 saturated heterocycles. The standard InChI is InChI=1S/C13H10FNO2/c1-3-7-15-13(16)11-8(2)9-5-4-6-10(14)12(9)17-11/h1,4-6H,7H2,2H3,(H,15,16). The molecule has 0 unspecified atom stereocenters. The van der Waals surface area contributed by atoms with Crippen molar-refractivity contribution in [3.63, 3.8) is 0 Å². The highest BCUT2D eigenvalue weighted by Crippen LogP contribution is 2.26. The van der Waals surface area contributed by atoms with Gasteiger partial charge >= 0.3 is 0 Å². The number of aryl methyl sites for hydroxylation is 1. The maximum atomic E-state index is 13.4. The number of hydrogen-bond acceptors (Lipinski definition) is 2. The maximum absolute atomic E-state index is 13.4. The summed E-state index contributed by atoms with van der Waals surface area (Å²) in [5, 5.41) is 3.07. The minimum absolute atomic E-state index is 0.0934. The Morgan fingerprint density at radius 3 is 3.00 bits per heavy atom. The van der Waals surface area contributed by atoms with Crippen LogP contribution in [0.2, 0.25) is 0 Å². The van der Waals surface area contributed by atoms with Gasteiger partial charge in [0.1, 0.15) is 0 Å². The highest BCUT2D eigenvalue weighted by molar-refractivity contribution is 5.99. The van der Waals surface area contributed by atoms with Crippen LogP contribution in [-0.2, 0) is 0 Å². The Labute approximate surface area is 97.6 Å². The van der Waals surface area contributed by atoms with Gasteiger partial charge in [0.25, 0.3) is 5.91 Å². The molecule has 1 amide bonds. The number of halogens is 1. The third-order valence-corrected chi connectivity index (χ3v) is 2.47. The Bertz CT molecular complexity index is 622. The summed E-state index contributed by atoms with van der Waals surface area (Å²) in [6, 6.07) is 4.56. The lowest BCUT2D eigenvalue weighted by atomic mass is 10.1. The molecular weight excluding hydrogens is 221 g/mol. The van der Waals surface area contributed by atoms with E-state index in [2.05, 4.69) is 11.2 Å². The van der Waals surface area contributed by atoms with E-state index in [-0.39, 0.29) is 17.9 Å². The lowest BCUT2D eigenvalue weighted by molar-refractivity contribution is 0.0932. The summed E-state index contributed by atoms with van der Waals surface area (Å²) < 4.78 is 18.7. The number of terminal acetylenes is 1. The second kappa shape index (κ2) is 4.30. The zero-order valence-electron chi connectivity index (χ0n) is 9.21. The van der Waals surface area contributed by atoms with E-state index in [1.807, 2.05) is 0 Å². The molecular formula is C13H10FNO2. The van der Waals surface area contributed by atoms with Gasteiger partial charge in [0.2, 0.25) is 0 Å². The number of amides is 1. The van der Waals surface area contributed by atoms with Crippen molar-refractivity contribution in [1.82, 2.24) is 5.32 Å². The molecule has 0 bridgehead atoms. The first kappa shape index (κ1) is 11.2. The fraction of sp³-hybridized carbons (Fsp3) is 0.154. The second-order valence-electron chi connectivity index (χ2n) is 3.56. The molecule has 1 heterocycles. The number of furan rings is 1. The maximum Gasteiger partial charge on any atom is 0.288 e. The van der Waals surface area contributed by atoms with Crippen molar-refractivity contribution in [1.29, 1.82) is 0 Å². The monoisotopic (exact) mass is 231 g/mol. The largest absolute Gasteiger partial charge is 0.448 e. The Kier molecular flexibility index (Phi) is 2.84. The molecule has 0 aliphatic rings. The number of para-hydroxylation sites is 1. The van der Waals surface area contributed by atoms with Crippen molar-refractivity contribution in [3.8, 4) is 12.3 Å². The first-order chi connectivity index (χ1) is 8.15. The van der Waals surface area contributed by atoms with Gasteiger partial charge in [-0.1, -0.05) is 18.1 Å². The summed E-state index contributed by atoms with van der Waals surface area (Å²) in [4.78, 5) is 11.7. The van der Waals surface area contributed by atoms with Crippen LogP contribution in [0.1, 0.15) is 16.1 Å². The van der Waals surface area contributed by atoms with Crippen LogP contribution >= 0.6 is 0 Å². The second-order valence-corrected chi connectivity index (χ2v) is 3.56. The molecule has 0 fully saturated rings. The zero-order chi connectivity index (χ0) is 12.4. The molecule has 3 nitrogen and oxygen atoms in total. The summed E-state index contributed by atoms with van der Waals surface area (Å²) in [6.45, 7) is 1.81. The quantitative estimate of drug-likeness (QED) is 0.805. The molecule has 1 N–H and O–H groups in total. The Balaban J connectivity index is 2.50. The number of rotatable bonds is 2. The molecule has 2 rings (SSSR count). The highest BCUT2D eigenvalue weighted by Gasteiger charge is 2.18. The van der Waals surface area contributed by atoms with Crippen LogP contribution in [0.15, 0.2) is 22.6 Å². The lowest BCUT2D eigenvalue weighted by Crippen LogP contribution is -2.23.